The van der Waals surface area contributed by atoms with Gasteiger partial charge in [-0.05, 0) is 44.2 Å². The SMILES string of the molecule is CC(C)n1ncc2cc(-c3nc(-c4cccc5c4OCO5)no3)ccc21. The molecule has 7 heteroatoms. The summed E-state index contributed by atoms with van der Waals surface area (Å²) in [5.41, 5.74) is 2.68. The molecule has 0 amide bonds. The molecule has 0 atom stereocenters. The lowest BCUT2D eigenvalue weighted by atomic mass is 10.1. The molecular weight excluding hydrogens is 332 g/mol. The first-order valence-electron chi connectivity index (χ1n) is 8.41. The minimum absolute atomic E-state index is 0.202. The van der Waals surface area contributed by atoms with Gasteiger partial charge in [0.25, 0.3) is 5.89 Å². The number of para-hydroxylation sites is 1. The van der Waals surface area contributed by atoms with Gasteiger partial charge in [0.2, 0.25) is 12.6 Å². The maximum absolute atomic E-state index is 5.53. The molecule has 0 N–H and O–H groups in total. The van der Waals surface area contributed by atoms with Gasteiger partial charge in [0, 0.05) is 17.0 Å². The number of hydrogen-bond acceptors (Lipinski definition) is 6. The van der Waals surface area contributed by atoms with Crippen LogP contribution in [-0.2, 0) is 0 Å². The molecule has 3 heterocycles. The van der Waals surface area contributed by atoms with Crippen molar-refractivity contribution in [2.75, 3.05) is 6.79 Å². The molecule has 0 aliphatic carbocycles. The highest BCUT2D eigenvalue weighted by atomic mass is 16.7. The predicted molar refractivity (Wildman–Crippen MR) is 95.0 cm³/mol. The Morgan fingerprint density at radius 1 is 1.12 bits per heavy atom. The third kappa shape index (κ3) is 2.24. The molecule has 0 unspecified atom stereocenters. The van der Waals surface area contributed by atoms with Crippen LogP contribution in [0.25, 0.3) is 33.7 Å². The van der Waals surface area contributed by atoms with Crippen LogP contribution < -0.4 is 9.47 Å². The average Bonchev–Trinajstić information content (AvgIpc) is 3.38. The number of hydrogen-bond donors (Lipinski definition) is 0. The molecular formula is C19H16N4O3. The van der Waals surface area contributed by atoms with Crippen molar-refractivity contribution >= 4 is 10.9 Å². The Morgan fingerprint density at radius 2 is 2.04 bits per heavy atom. The lowest BCUT2D eigenvalue weighted by Gasteiger charge is -2.06. The average molecular weight is 348 g/mol. The second-order valence-electron chi connectivity index (χ2n) is 6.42. The van der Waals surface area contributed by atoms with Gasteiger partial charge in [-0.15, -0.1) is 0 Å². The van der Waals surface area contributed by atoms with Gasteiger partial charge in [-0.25, -0.2) is 0 Å². The normalized spacial score (nSPS) is 13.0. The third-order valence-corrected chi connectivity index (χ3v) is 4.40. The molecule has 130 valence electrons. The zero-order chi connectivity index (χ0) is 17.7. The van der Waals surface area contributed by atoms with Crippen LogP contribution in [0.2, 0.25) is 0 Å². The van der Waals surface area contributed by atoms with Gasteiger partial charge in [-0.1, -0.05) is 11.2 Å². The van der Waals surface area contributed by atoms with Crippen LogP contribution in [0.3, 0.4) is 0 Å². The van der Waals surface area contributed by atoms with E-state index in [0.29, 0.717) is 29.3 Å². The molecule has 1 aliphatic heterocycles. The Hall–Kier alpha value is -3.35. The molecule has 0 saturated carbocycles. The summed E-state index contributed by atoms with van der Waals surface area (Å²) in [6, 6.07) is 11.9. The van der Waals surface area contributed by atoms with Gasteiger partial charge >= 0.3 is 0 Å². The molecule has 0 spiro atoms. The van der Waals surface area contributed by atoms with Crippen LogP contribution in [0, 0.1) is 0 Å². The Bertz CT molecular complexity index is 1110. The van der Waals surface area contributed by atoms with Crippen molar-refractivity contribution in [3.8, 4) is 34.3 Å². The van der Waals surface area contributed by atoms with E-state index >= 15 is 0 Å². The zero-order valence-corrected chi connectivity index (χ0v) is 14.3. The molecule has 2 aromatic carbocycles. The summed E-state index contributed by atoms with van der Waals surface area (Å²) in [5, 5.41) is 9.59. The summed E-state index contributed by atoms with van der Waals surface area (Å²) in [6.07, 6.45) is 1.85. The van der Waals surface area contributed by atoms with Crippen molar-refractivity contribution in [3.63, 3.8) is 0 Å². The molecule has 1 aliphatic rings. The summed E-state index contributed by atoms with van der Waals surface area (Å²) in [6.45, 7) is 4.41. The van der Waals surface area contributed by atoms with Crippen molar-refractivity contribution in [1.82, 2.24) is 19.9 Å². The molecule has 2 aromatic heterocycles. The zero-order valence-electron chi connectivity index (χ0n) is 14.3. The highest BCUT2D eigenvalue weighted by Crippen LogP contribution is 2.40. The standard InChI is InChI=1S/C19H16N4O3/c1-11(2)23-15-7-6-12(8-13(15)9-20-23)19-21-18(22-26-19)14-4-3-5-16-17(14)25-10-24-16/h3-9,11H,10H2,1-2H3. The van der Waals surface area contributed by atoms with E-state index in [4.69, 9.17) is 14.0 Å². The van der Waals surface area contributed by atoms with E-state index in [9.17, 15) is 0 Å². The predicted octanol–water partition coefficient (Wildman–Crippen LogP) is 4.06. The molecule has 26 heavy (non-hydrogen) atoms. The summed E-state index contributed by atoms with van der Waals surface area (Å²) in [5.74, 6) is 2.26. The minimum atomic E-state index is 0.202. The number of aromatic nitrogens is 4. The second kappa shape index (κ2) is 5.59. The monoisotopic (exact) mass is 348 g/mol. The van der Waals surface area contributed by atoms with Crippen LogP contribution in [0.15, 0.2) is 47.1 Å². The smallest absolute Gasteiger partial charge is 0.258 e. The number of fused-ring (bicyclic) bond motifs is 2. The first-order chi connectivity index (χ1) is 12.7. The van der Waals surface area contributed by atoms with E-state index in [1.807, 2.05) is 47.3 Å². The first-order valence-corrected chi connectivity index (χ1v) is 8.41. The first kappa shape index (κ1) is 14.9. The number of benzene rings is 2. The Morgan fingerprint density at radius 3 is 2.92 bits per heavy atom. The second-order valence-corrected chi connectivity index (χ2v) is 6.42. The molecule has 0 saturated heterocycles. The fraction of sp³-hybridized carbons (Fsp3) is 0.211. The number of ether oxygens (including phenoxy) is 2. The summed E-state index contributed by atoms with van der Waals surface area (Å²) >= 11 is 0. The number of nitrogens with zero attached hydrogens (tertiary/aromatic N) is 4. The Kier molecular flexibility index (Phi) is 3.21. The van der Waals surface area contributed by atoms with Crippen molar-refractivity contribution in [2.24, 2.45) is 0 Å². The van der Waals surface area contributed by atoms with Gasteiger partial charge in [-0.2, -0.15) is 10.1 Å². The van der Waals surface area contributed by atoms with Gasteiger partial charge in [-0.3, -0.25) is 4.68 Å². The topological polar surface area (TPSA) is 75.2 Å². The van der Waals surface area contributed by atoms with E-state index in [2.05, 4.69) is 29.1 Å². The Labute approximate surface area is 149 Å². The molecule has 7 nitrogen and oxygen atoms in total. The van der Waals surface area contributed by atoms with Crippen LogP contribution >= 0.6 is 0 Å². The van der Waals surface area contributed by atoms with Crippen molar-refractivity contribution in [1.29, 1.82) is 0 Å². The van der Waals surface area contributed by atoms with Crippen molar-refractivity contribution in [2.45, 2.75) is 19.9 Å². The maximum Gasteiger partial charge on any atom is 0.258 e. The Balaban J connectivity index is 1.55. The highest BCUT2D eigenvalue weighted by Gasteiger charge is 2.22. The molecule has 5 rings (SSSR count). The van der Waals surface area contributed by atoms with Crippen LogP contribution in [0.4, 0.5) is 0 Å². The summed E-state index contributed by atoms with van der Waals surface area (Å²) < 4.78 is 18.4. The van der Waals surface area contributed by atoms with E-state index < -0.39 is 0 Å². The van der Waals surface area contributed by atoms with Gasteiger partial charge in [0.15, 0.2) is 11.5 Å². The van der Waals surface area contributed by atoms with Gasteiger partial charge in [0.05, 0.1) is 17.3 Å². The molecule has 0 radical (unpaired) electrons. The van der Waals surface area contributed by atoms with E-state index in [1.54, 1.807) is 0 Å². The third-order valence-electron chi connectivity index (χ3n) is 4.40. The lowest BCUT2D eigenvalue weighted by Crippen LogP contribution is -2.01. The summed E-state index contributed by atoms with van der Waals surface area (Å²) in [7, 11) is 0. The quantitative estimate of drug-likeness (QED) is 0.556. The fourth-order valence-electron chi connectivity index (χ4n) is 3.15. The van der Waals surface area contributed by atoms with Gasteiger partial charge in [0.1, 0.15) is 0 Å². The summed E-state index contributed by atoms with van der Waals surface area (Å²) in [4.78, 5) is 4.54. The van der Waals surface area contributed by atoms with Crippen molar-refractivity contribution < 1.29 is 14.0 Å². The van der Waals surface area contributed by atoms with E-state index in [0.717, 1.165) is 22.0 Å². The van der Waals surface area contributed by atoms with Crippen molar-refractivity contribution in [3.05, 3.63) is 42.6 Å². The van der Waals surface area contributed by atoms with E-state index in [-0.39, 0.29) is 6.79 Å². The van der Waals surface area contributed by atoms with Gasteiger partial charge < -0.3 is 14.0 Å². The lowest BCUT2D eigenvalue weighted by molar-refractivity contribution is 0.174. The maximum atomic E-state index is 5.53. The fourth-order valence-corrected chi connectivity index (χ4v) is 3.15. The largest absolute Gasteiger partial charge is 0.454 e. The molecule has 4 aromatic rings. The minimum Gasteiger partial charge on any atom is -0.454 e. The number of rotatable bonds is 3. The highest BCUT2D eigenvalue weighted by molar-refractivity contribution is 5.83. The van der Waals surface area contributed by atoms with Crippen LogP contribution in [-0.4, -0.2) is 26.7 Å². The molecule has 0 bridgehead atoms. The van der Waals surface area contributed by atoms with Crippen LogP contribution in [0.1, 0.15) is 19.9 Å². The molecule has 0 fully saturated rings. The van der Waals surface area contributed by atoms with E-state index in [1.165, 1.54) is 0 Å². The van der Waals surface area contributed by atoms with Crippen LogP contribution in [0.5, 0.6) is 11.5 Å².